The number of hydrogen-bond acceptors (Lipinski definition) is 15. The number of phosphoric ester groups is 1. The molecule has 220 valence electrons. The molecule has 1 unspecified atom stereocenters. The van der Waals surface area contributed by atoms with E-state index in [0.29, 0.717) is 0 Å². The number of nitrogens with one attached hydrogen (secondary N) is 1. The largest absolute Gasteiger partial charge is 0.472 e. The van der Waals surface area contributed by atoms with Crippen LogP contribution in [-0.4, -0.2) is 97.9 Å². The van der Waals surface area contributed by atoms with E-state index in [9.17, 15) is 28.9 Å². The van der Waals surface area contributed by atoms with Gasteiger partial charge < -0.3 is 36.0 Å². The van der Waals surface area contributed by atoms with Crippen molar-refractivity contribution in [2.45, 2.75) is 49.5 Å². The topological polar surface area (TPSA) is 274 Å². The fraction of sp³-hybridized carbons (Fsp3) is 0.500. The van der Waals surface area contributed by atoms with Gasteiger partial charge >= 0.3 is 7.82 Å². The molecule has 0 radical (unpaired) electrons. The molecule has 2 saturated heterocycles. The Labute approximate surface area is 227 Å². The van der Waals surface area contributed by atoms with Crippen LogP contribution in [0.4, 0.5) is 16.2 Å². The number of alkyl halides is 1. The summed E-state index contributed by atoms with van der Waals surface area (Å²) in [5, 5.41) is 20.1. The van der Waals surface area contributed by atoms with E-state index in [0.717, 1.165) is 0 Å². The van der Waals surface area contributed by atoms with Crippen LogP contribution < -0.4 is 17.0 Å². The molecule has 2 fully saturated rings. The number of nitrogen functional groups attached to an aromatic ring is 2. The summed E-state index contributed by atoms with van der Waals surface area (Å²) in [6.45, 7) is -1.23. The van der Waals surface area contributed by atoms with Crippen molar-refractivity contribution in [3.63, 3.8) is 0 Å². The molecule has 2 aliphatic heterocycles. The Morgan fingerprint density at radius 2 is 1.85 bits per heavy atom. The highest BCUT2D eigenvalue weighted by Gasteiger charge is 2.48. The van der Waals surface area contributed by atoms with Crippen LogP contribution in [0.25, 0.3) is 22.3 Å². The Morgan fingerprint density at radius 1 is 1.12 bits per heavy atom. The number of rotatable bonds is 8. The number of aromatic amines is 1. The summed E-state index contributed by atoms with van der Waals surface area (Å²) in [7, 11) is -4.91. The minimum Gasteiger partial charge on any atom is -0.394 e. The summed E-state index contributed by atoms with van der Waals surface area (Å²) < 4.78 is 52.1. The van der Waals surface area contributed by atoms with Gasteiger partial charge in [-0.2, -0.15) is 4.98 Å². The number of nitrogens with zero attached hydrogens (tertiary/aromatic N) is 7. The number of nitrogens with two attached hydrogens (primary N) is 2. The molecule has 0 saturated carbocycles. The van der Waals surface area contributed by atoms with Crippen LogP contribution in [0, 0.1) is 0 Å². The molecule has 21 heteroatoms. The molecule has 8 atom stereocenters. The van der Waals surface area contributed by atoms with Crippen molar-refractivity contribution in [1.29, 1.82) is 0 Å². The van der Waals surface area contributed by atoms with E-state index in [1.165, 1.54) is 28.1 Å². The lowest BCUT2D eigenvalue weighted by atomic mass is 10.1. The third kappa shape index (κ3) is 4.93. The second kappa shape index (κ2) is 10.3. The number of H-pyrrole nitrogens is 1. The van der Waals surface area contributed by atoms with Gasteiger partial charge in [-0.1, -0.05) is 0 Å². The molecule has 4 aromatic rings. The van der Waals surface area contributed by atoms with Crippen LogP contribution in [0.5, 0.6) is 0 Å². The van der Waals surface area contributed by atoms with Crippen LogP contribution >= 0.6 is 7.82 Å². The number of hydrogen-bond donors (Lipinski definition) is 6. The third-order valence-electron chi connectivity index (χ3n) is 6.69. The number of phosphoric acid groups is 1. The molecular formula is C20H24FN10O9P. The lowest BCUT2D eigenvalue weighted by Crippen LogP contribution is -2.30. The van der Waals surface area contributed by atoms with E-state index < -0.39 is 69.6 Å². The van der Waals surface area contributed by atoms with E-state index in [4.69, 9.17) is 30.0 Å². The minimum atomic E-state index is -4.91. The number of aliphatic hydroxyl groups excluding tert-OH is 2. The third-order valence-corrected chi connectivity index (χ3v) is 7.71. The standard InChI is InChI=1S/C20H24FN10O9P/c21-10-9(39-19(13(10)33)30-5-26-11-14(22)24-4-25-15(11)30)3-37-41(35,36)40-8-1-7(2-32)38-18(8)31-6-27-12-16(31)28-20(23)29-17(12)34/h4-10,13,18-19,32-33H,1-3H2,(H,35,36)(H2,22,24,25)(H3,23,28,29,34)/t7-,8+,9+,10+,13+,18+,19+/m0/s1. The Hall–Kier alpha value is -3.62. The molecule has 0 spiro atoms. The highest BCUT2D eigenvalue weighted by molar-refractivity contribution is 7.47. The summed E-state index contributed by atoms with van der Waals surface area (Å²) in [5.74, 6) is -0.129. The van der Waals surface area contributed by atoms with Gasteiger partial charge in [-0.25, -0.2) is 28.9 Å². The first-order chi connectivity index (χ1) is 19.6. The highest BCUT2D eigenvalue weighted by Crippen LogP contribution is 2.50. The van der Waals surface area contributed by atoms with Gasteiger partial charge in [0.2, 0.25) is 5.95 Å². The molecule has 41 heavy (non-hydrogen) atoms. The van der Waals surface area contributed by atoms with Crippen molar-refractivity contribution in [1.82, 2.24) is 39.0 Å². The molecule has 8 N–H and O–H groups in total. The van der Waals surface area contributed by atoms with Crippen molar-refractivity contribution in [2.24, 2.45) is 0 Å². The van der Waals surface area contributed by atoms with Gasteiger partial charge in [-0.15, -0.1) is 0 Å². The molecule has 0 amide bonds. The number of anilines is 2. The van der Waals surface area contributed by atoms with Crippen LogP contribution in [-0.2, 0) is 23.1 Å². The van der Waals surface area contributed by atoms with Gasteiger partial charge in [-0.3, -0.25) is 28.0 Å². The van der Waals surface area contributed by atoms with Crippen molar-refractivity contribution >= 4 is 41.9 Å². The van der Waals surface area contributed by atoms with Crippen molar-refractivity contribution in [3.05, 3.63) is 29.3 Å². The van der Waals surface area contributed by atoms with E-state index in [2.05, 4.69) is 29.9 Å². The van der Waals surface area contributed by atoms with E-state index >= 15 is 0 Å². The zero-order chi connectivity index (χ0) is 29.1. The summed E-state index contributed by atoms with van der Waals surface area (Å²) in [6.07, 6.45) is -6.12. The molecule has 19 nitrogen and oxygen atoms in total. The summed E-state index contributed by atoms with van der Waals surface area (Å²) in [5.41, 5.74) is 11.1. The van der Waals surface area contributed by atoms with Gasteiger partial charge in [0.15, 0.2) is 41.3 Å². The SMILES string of the molecule is Nc1nc2c(ncn2[C@@H]2O[C@H](CO)C[C@H]2OP(=O)(O)OC[C@H]2O[C@@H](n3cnc4c(N)ncnc43)[C@H](O)[C@@H]2F)c(=O)[nH]1. The average Bonchev–Trinajstić information content (AvgIpc) is 3.69. The zero-order valence-electron chi connectivity index (χ0n) is 20.8. The lowest BCUT2D eigenvalue weighted by molar-refractivity contribution is -0.0599. The maximum Gasteiger partial charge on any atom is 0.472 e. The van der Waals surface area contributed by atoms with Crippen molar-refractivity contribution < 1.29 is 42.6 Å². The molecule has 6 rings (SSSR count). The number of fused-ring (bicyclic) bond motifs is 2. The molecule has 0 aromatic carbocycles. The molecule has 4 aromatic heterocycles. The smallest absolute Gasteiger partial charge is 0.394 e. The molecule has 2 aliphatic rings. The maximum absolute atomic E-state index is 15.0. The molecule has 0 bridgehead atoms. The van der Waals surface area contributed by atoms with Gasteiger partial charge in [0, 0.05) is 6.42 Å². The number of aromatic nitrogens is 8. The summed E-state index contributed by atoms with van der Waals surface area (Å²) >= 11 is 0. The van der Waals surface area contributed by atoms with Crippen LogP contribution in [0.2, 0.25) is 0 Å². The first kappa shape index (κ1) is 27.5. The van der Waals surface area contributed by atoms with Crippen LogP contribution in [0.3, 0.4) is 0 Å². The van der Waals surface area contributed by atoms with E-state index in [1.54, 1.807) is 0 Å². The van der Waals surface area contributed by atoms with Crippen molar-refractivity contribution in [2.75, 3.05) is 24.7 Å². The first-order valence-corrected chi connectivity index (χ1v) is 13.6. The van der Waals surface area contributed by atoms with Crippen LogP contribution in [0.15, 0.2) is 23.8 Å². The van der Waals surface area contributed by atoms with Gasteiger partial charge in [-0.05, 0) is 0 Å². The lowest BCUT2D eigenvalue weighted by Gasteiger charge is -2.23. The summed E-state index contributed by atoms with van der Waals surface area (Å²) in [4.78, 5) is 44.9. The predicted molar refractivity (Wildman–Crippen MR) is 133 cm³/mol. The Bertz CT molecular complexity index is 1700. The number of halogens is 1. The molecule has 6 heterocycles. The van der Waals surface area contributed by atoms with E-state index in [-0.39, 0.29) is 40.5 Å². The van der Waals surface area contributed by atoms with Crippen LogP contribution in [0.1, 0.15) is 18.9 Å². The fourth-order valence-corrected chi connectivity index (χ4v) is 5.73. The predicted octanol–water partition coefficient (Wildman–Crippen LogP) is -1.50. The second-order valence-corrected chi connectivity index (χ2v) is 10.7. The van der Waals surface area contributed by atoms with E-state index in [1.807, 2.05) is 0 Å². The Morgan fingerprint density at radius 3 is 2.61 bits per heavy atom. The van der Waals surface area contributed by atoms with Gasteiger partial charge in [0.1, 0.15) is 30.2 Å². The Balaban J connectivity index is 1.16. The highest BCUT2D eigenvalue weighted by atomic mass is 31.2. The molecular weight excluding hydrogens is 574 g/mol. The number of imidazole rings is 2. The van der Waals surface area contributed by atoms with Crippen molar-refractivity contribution in [3.8, 4) is 0 Å². The first-order valence-electron chi connectivity index (χ1n) is 12.1. The maximum atomic E-state index is 15.0. The molecule has 0 aliphatic carbocycles. The fourth-order valence-electron chi connectivity index (χ4n) is 4.80. The van der Waals surface area contributed by atoms with Gasteiger partial charge in [0.05, 0.1) is 32.0 Å². The van der Waals surface area contributed by atoms with Gasteiger partial charge in [0.25, 0.3) is 5.56 Å². The zero-order valence-corrected chi connectivity index (χ0v) is 21.7. The second-order valence-electron chi connectivity index (χ2n) is 9.33. The Kier molecular flexibility index (Phi) is 6.94. The quantitative estimate of drug-likeness (QED) is 0.126. The summed E-state index contributed by atoms with van der Waals surface area (Å²) in [6, 6.07) is 0. The number of ether oxygens (including phenoxy) is 2. The minimum absolute atomic E-state index is 0.0100. The average molecular weight is 598 g/mol. The number of aliphatic hydroxyl groups is 2. The monoisotopic (exact) mass is 598 g/mol. The normalized spacial score (nSPS) is 29.9.